The Morgan fingerprint density at radius 3 is 2.89 bits per heavy atom. The van der Waals surface area contributed by atoms with Crippen LogP contribution in [0, 0.1) is 5.41 Å². The number of nitrogens with zero attached hydrogens (tertiary/aromatic N) is 2. The molecule has 0 radical (unpaired) electrons. The molecular weight excluding hydrogens is 340 g/mol. The Kier molecular flexibility index (Phi) is 5.43. The van der Waals surface area contributed by atoms with Crippen molar-refractivity contribution < 1.29 is 9.53 Å². The first kappa shape index (κ1) is 18.0. The van der Waals surface area contributed by atoms with E-state index in [1.165, 1.54) is 6.42 Å². The van der Waals surface area contributed by atoms with Crippen molar-refractivity contribution in [1.82, 2.24) is 20.4 Å². The van der Waals surface area contributed by atoms with Crippen molar-refractivity contribution in [3.63, 3.8) is 0 Å². The number of hydrogen-bond acceptors (Lipinski definition) is 4. The van der Waals surface area contributed by atoms with Crippen LogP contribution in [-0.2, 0) is 11.3 Å². The number of aromatic nitrogens is 2. The van der Waals surface area contributed by atoms with E-state index in [9.17, 15) is 4.79 Å². The summed E-state index contributed by atoms with van der Waals surface area (Å²) in [5.41, 5.74) is 1.25. The lowest BCUT2D eigenvalue weighted by molar-refractivity contribution is -0.122. The van der Waals surface area contributed by atoms with E-state index in [4.69, 9.17) is 4.74 Å². The topological polar surface area (TPSA) is 68.2 Å². The number of rotatable bonds is 8. The molecule has 1 amide bonds. The minimum Gasteiger partial charge on any atom is -0.493 e. The molecule has 2 N–H and O–H groups in total. The van der Waals surface area contributed by atoms with Gasteiger partial charge in [-0.3, -0.25) is 9.48 Å². The normalized spacial score (nSPS) is 20.8. The van der Waals surface area contributed by atoms with Crippen molar-refractivity contribution in [2.75, 3.05) is 26.2 Å². The Hall–Kier alpha value is -2.34. The minimum atomic E-state index is 0.0229. The Morgan fingerprint density at radius 1 is 1.30 bits per heavy atom. The number of amides is 1. The fourth-order valence-electron chi connectivity index (χ4n) is 3.71. The molecular formula is C21H28N4O2. The first-order valence-electron chi connectivity index (χ1n) is 9.91. The number of ether oxygens (including phenoxy) is 1. The van der Waals surface area contributed by atoms with E-state index in [-0.39, 0.29) is 17.9 Å². The van der Waals surface area contributed by atoms with Gasteiger partial charge in [0.05, 0.1) is 6.61 Å². The van der Waals surface area contributed by atoms with Crippen LogP contribution in [0.4, 0.5) is 0 Å². The maximum Gasteiger partial charge on any atom is 0.241 e. The summed E-state index contributed by atoms with van der Waals surface area (Å²) in [4.78, 5) is 12.5. The average molecular weight is 368 g/mol. The largest absolute Gasteiger partial charge is 0.493 e. The zero-order valence-corrected chi connectivity index (χ0v) is 15.7. The van der Waals surface area contributed by atoms with Crippen LogP contribution in [0.15, 0.2) is 42.6 Å². The first-order chi connectivity index (χ1) is 13.2. The summed E-state index contributed by atoms with van der Waals surface area (Å²) in [6, 6.07) is 11.9. The molecule has 27 heavy (non-hydrogen) atoms. The molecule has 2 aromatic rings. The molecule has 2 heterocycles. The molecule has 144 valence electrons. The molecule has 1 aromatic heterocycles. The van der Waals surface area contributed by atoms with Gasteiger partial charge in [0.1, 0.15) is 12.3 Å². The molecule has 1 aliphatic heterocycles. The Balaban J connectivity index is 1.26. The Morgan fingerprint density at radius 2 is 2.15 bits per heavy atom. The number of para-hydroxylation sites is 1. The highest BCUT2D eigenvalue weighted by molar-refractivity contribution is 5.75. The molecule has 1 saturated carbocycles. The van der Waals surface area contributed by atoms with Crippen molar-refractivity contribution in [3.8, 4) is 5.75 Å². The number of nitrogens with one attached hydrogen (secondary N) is 2. The summed E-state index contributed by atoms with van der Waals surface area (Å²) in [6.07, 6.45) is 6.32. The number of carbonyl (C=O) groups is 1. The summed E-state index contributed by atoms with van der Waals surface area (Å²) < 4.78 is 7.75. The molecule has 2 aliphatic rings. The zero-order chi connectivity index (χ0) is 18.5. The second kappa shape index (κ2) is 8.13. The molecule has 0 spiro atoms. The molecule has 6 nitrogen and oxygen atoms in total. The monoisotopic (exact) mass is 368 g/mol. The van der Waals surface area contributed by atoms with E-state index in [1.54, 1.807) is 6.20 Å². The molecule has 1 atom stereocenters. The van der Waals surface area contributed by atoms with Gasteiger partial charge in [0.2, 0.25) is 5.91 Å². The van der Waals surface area contributed by atoms with Crippen molar-refractivity contribution in [2.45, 2.75) is 38.1 Å². The summed E-state index contributed by atoms with van der Waals surface area (Å²) >= 11 is 0. The van der Waals surface area contributed by atoms with Gasteiger partial charge in [0.15, 0.2) is 0 Å². The lowest BCUT2D eigenvalue weighted by Crippen LogP contribution is -2.36. The van der Waals surface area contributed by atoms with Crippen LogP contribution in [0.2, 0.25) is 0 Å². The van der Waals surface area contributed by atoms with E-state index in [0.717, 1.165) is 43.8 Å². The summed E-state index contributed by atoms with van der Waals surface area (Å²) in [5.74, 6) is 1.36. The summed E-state index contributed by atoms with van der Waals surface area (Å²) in [5, 5.41) is 10.9. The van der Waals surface area contributed by atoms with E-state index in [1.807, 2.05) is 41.1 Å². The molecule has 4 rings (SSSR count). The lowest BCUT2D eigenvalue weighted by atomic mass is 9.96. The van der Waals surface area contributed by atoms with E-state index >= 15 is 0 Å². The van der Waals surface area contributed by atoms with Gasteiger partial charge in [-0.05, 0) is 50.4 Å². The van der Waals surface area contributed by atoms with E-state index < -0.39 is 0 Å². The van der Waals surface area contributed by atoms with Crippen molar-refractivity contribution in [1.29, 1.82) is 0 Å². The Labute approximate surface area is 160 Å². The van der Waals surface area contributed by atoms with Gasteiger partial charge >= 0.3 is 0 Å². The fourth-order valence-corrected chi connectivity index (χ4v) is 3.71. The van der Waals surface area contributed by atoms with Crippen LogP contribution >= 0.6 is 0 Å². The molecule has 1 aliphatic carbocycles. The molecule has 2 fully saturated rings. The van der Waals surface area contributed by atoms with Gasteiger partial charge in [0, 0.05) is 36.3 Å². The standard InChI is InChI=1S/C21H28N4O2/c26-20(14-25-19(8-12-24-25)17-5-4-11-22-13-17)23-15-21(9-10-21)16-27-18-6-2-1-3-7-18/h1-3,6-8,12,17,22H,4-5,9-11,13-16H2,(H,23,26)/t17-/m0/s1. The lowest BCUT2D eigenvalue weighted by Gasteiger charge is -2.23. The molecule has 0 bridgehead atoms. The van der Waals surface area contributed by atoms with Gasteiger partial charge in [-0.25, -0.2) is 0 Å². The second-order valence-corrected chi connectivity index (χ2v) is 7.84. The third kappa shape index (κ3) is 4.69. The second-order valence-electron chi connectivity index (χ2n) is 7.84. The van der Waals surface area contributed by atoms with Crippen LogP contribution in [-0.4, -0.2) is 41.9 Å². The first-order valence-corrected chi connectivity index (χ1v) is 9.91. The predicted molar refractivity (Wildman–Crippen MR) is 104 cm³/mol. The highest BCUT2D eigenvalue weighted by Gasteiger charge is 2.43. The van der Waals surface area contributed by atoms with Crippen molar-refractivity contribution >= 4 is 5.91 Å². The predicted octanol–water partition coefficient (Wildman–Crippen LogP) is 2.33. The van der Waals surface area contributed by atoms with Gasteiger partial charge in [0.25, 0.3) is 0 Å². The molecule has 1 aromatic carbocycles. The van der Waals surface area contributed by atoms with Crippen LogP contribution in [0.1, 0.15) is 37.3 Å². The van der Waals surface area contributed by atoms with E-state index in [0.29, 0.717) is 19.1 Å². The van der Waals surface area contributed by atoms with Crippen molar-refractivity contribution in [3.05, 3.63) is 48.3 Å². The maximum atomic E-state index is 12.5. The molecule has 1 saturated heterocycles. The van der Waals surface area contributed by atoms with Crippen molar-refractivity contribution in [2.24, 2.45) is 5.41 Å². The average Bonchev–Trinajstić information content (AvgIpc) is 3.35. The fraction of sp³-hybridized carbons (Fsp3) is 0.524. The quantitative estimate of drug-likeness (QED) is 0.750. The van der Waals surface area contributed by atoms with Crippen LogP contribution in [0.5, 0.6) is 5.75 Å². The number of carbonyl (C=O) groups excluding carboxylic acids is 1. The van der Waals surface area contributed by atoms with Crippen LogP contribution < -0.4 is 15.4 Å². The van der Waals surface area contributed by atoms with E-state index in [2.05, 4.69) is 15.7 Å². The van der Waals surface area contributed by atoms with Gasteiger partial charge < -0.3 is 15.4 Å². The summed E-state index contributed by atoms with van der Waals surface area (Å²) in [6.45, 7) is 3.65. The van der Waals surface area contributed by atoms with Crippen LogP contribution in [0.3, 0.4) is 0 Å². The number of benzene rings is 1. The zero-order valence-electron chi connectivity index (χ0n) is 15.7. The van der Waals surface area contributed by atoms with Gasteiger partial charge in [-0.2, -0.15) is 5.10 Å². The van der Waals surface area contributed by atoms with Gasteiger partial charge in [-0.1, -0.05) is 18.2 Å². The smallest absolute Gasteiger partial charge is 0.241 e. The third-order valence-electron chi connectivity index (χ3n) is 5.66. The van der Waals surface area contributed by atoms with Crippen LogP contribution in [0.25, 0.3) is 0 Å². The highest BCUT2D eigenvalue weighted by atomic mass is 16.5. The maximum absolute atomic E-state index is 12.5. The SMILES string of the molecule is O=C(Cn1nccc1[C@H]1CCCNC1)NCC1(COc2ccccc2)CC1. The Bertz CT molecular complexity index is 749. The summed E-state index contributed by atoms with van der Waals surface area (Å²) in [7, 11) is 0. The van der Waals surface area contributed by atoms with Gasteiger partial charge in [-0.15, -0.1) is 0 Å². The molecule has 0 unspecified atom stereocenters. The molecule has 6 heteroatoms. The number of piperidine rings is 1. The number of hydrogen-bond donors (Lipinski definition) is 2. The highest BCUT2D eigenvalue weighted by Crippen LogP contribution is 2.45. The minimum absolute atomic E-state index is 0.0229. The third-order valence-corrected chi connectivity index (χ3v) is 5.66.